The predicted octanol–water partition coefficient (Wildman–Crippen LogP) is 4.41. The van der Waals surface area contributed by atoms with Crippen molar-refractivity contribution in [1.82, 2.24) is 0 Å². The van der Waals surface area contributed by atoms with Crippen LogP contribution < -0.4 is 10.1 Å². The molecule has 0 radical (unpaired) electrons. The largest absolute Gasteiger partial charge is 0.497 e. The van der Waals surface area contributed by atoms with Gasteiger partial charge in [-0.3, -0.25) is 4.99 Å². The second kappa shape index (κ2) is 5.24. The summed E-state index contributed by atoms with van der Waals surface area (Å²) in [5, 5.41) is 3.57. The number of nitrogens with one attached hydrogen (secondary N) is 1. The van der Waals surface area contributed by atoms with E-state index in [1.165, 1.54) is 5.56 Å². The van der Waals surface area contributed by atoms with Crippen molar-refractivity contribution in [2.45, 2.75) is 25.8 Å². The quantitative estimate of drug-likeness (QED) is 0.884. The number of hydrogen-bond donors (Lipinski definition) is 1. The van der Waals surface area contributed by atoms with Crippen molar-refractivity contribution in [1.29, 1.82) is 0 Å². The number of methoxy groups -OCH3 is 1. The number of hydrogen-bond acceptors (Lipinski definition) is 3. The lowest BCUT2D eigenvalue weighted by Crippen LogP contribution is -2.38. The average molecular weight is 280 g/mol. The summed E-state index contributed by atoms with van der Waals surface area (Å²) < 4.78 is 5.19. The lowest BCUT2D eigenvalue weighted by atomic mass is 9.87. The zero-order valence-electron chi connectivity index (χ0n) is 12.7. The molecule has 3 rings (SSSR count). The minimum absolute atomic E-state index is 0.0135. The van der Waals surface area contributed by atoms with E-state index >= 15 is 0 Å². The maximum Gasteiger partial charge on any atom is 0.119 e. The Morgan fingerprint density at radius 1 is 1.05 bits per heavy atom. The normalized spacial score (nSPS) is 18.0. The smallest absolute Gasteiger partial charge is 0.119 e. The van der Waals surface area contributed by atoms with Crippen LogP contribution in [0.1, 0.15) is 25.8 Å². The number of nitrogens with zero attached hydrogens (tertiary/aromatic N) is 1. The van der Waals surface area contributed by atoms with Crippen LogP contribution in [0.25, 0.3) is 0 Å². The van der Waals surface area contributed by atoms with Gasteiger partial charge in [0.2, 0.25) is 0 Å². The Balaban J connectivity index is 2.01. The molecule has 1 aliphatic rings. The van der Waals surface area contributed by atoms with Crippen molar-refractivity contribution in [2.75, 3.05) is 12.4 Å². The lowest BCUT2D eigenvalue weighted by Gasteiger charge is -2.34. The molecule has 0 spiro atoms. The molecule has 0 saturated heterocycles. The van der Waals surface area contributed by atoms with Gasteiger partial charge in [0.05, 0.1) is 18.5 Å². The van der Waals surface area contributed by atoms with Crippen LogP contribution in [0, 0.1) is 0 Å². The first kappa shape index (κ1) is 13.7. The van der Waals surface area contributed by atoms with E-state index in [2.05, 4.69) is 43.4 Å². The SMILES string of the molecule is COc1ccc(N=C2CC(C)(C)Nc3ccccc32)cc1. The van der Waals surface area contributed by atoms with Crippen molar-refractivity contribution in [3.05, 3.63) is 54.1 Å². The second-order valence-corrected chi connectivity index (χ2v) is 5.99. The summed E-state index contributed by atoms with van der Waals surface area (Å²) >= 11 is 0. The van der Waals surface area contributed by atoms with Gasteiger partial charge in [0.15, 0.2) is 0 Å². The van der Waals surface area contributed by atoms with Gasteiger partial charge < -0.3 is 10.1 Å². The van der Waals surface area contributed by atoms with Gasteiger partial charge in [-0.1, -0.05) is 18.2 Å². The molecule has 1 N–H and O–H groups in total. The molecule has 0 aliphatic carbocycles. The van der Waals surface area contributed by atoms with Gasteiger partial charge in [-0.25, -0.2) is 0 Å². The molecule has 0 fully saturated rings. The van der Waals surface area contributed by atoms with Crippen molar-refractivity contribution >= 4 is 17.1 Å². The third kappa shape index (κ3) is 2.92. The van der Waals surface area contributed by atoms with Crippen molar-refractivity contribution in [2.24, 2.45) is 4.99 Å². The van der Waals surface area contributed by atoms with Gasteiger partial charge in [0.25, 0.3) is 0 Å². The fourth-order valence-corrected chi connectivity index (χ4v) is 2.68. The number of anilines is 1. The monoisotopic (exact) mass is 280 g/mol. The number of fused-ring (bicyclic) bond motifs is 1. The molecule has 0 amide bonds. The predicted molar refractivity (Wildman–Crippen MR) is 88.0 cm³/mol. The average Bonchev–Trinajstić information content (AvgIpc) is 2.47. The third-order valence-corrected chi connectivity index (χ3v) is 3.66. The topological polar surface area (TPSA) is 33.6 Å². The fraction of sp³-hybridized carbons (Fsp3) is 0.278. The minimum Gasteiger partial charge on any atom is -0.497 e. The van der Waals surface area contributed by atoms with E-state index in [0.717, 1.165) is 29.3 Å². The molecular weight excluding hydrogens is 260 g/mol. The third-order valence-electron chi connectivity index (χ3n) is 3.66. The van der Waals surface area contributed by atoms with Gasteiger partial charge in [-0.05, 0) is 44.2 Å². The highest BCUT2D eigenvalue weighted by molar-refractivity contribution is 6.08. The number of rotatable bonds is 2. The van der Waals surface area contributed by atoms with Crippen LogP contribution in [-0.4, -0.2) is 18.4 Å². The van der Waals surface area contributed by atoms with Crippen LogP contribution in [-0.2, 0) is 0 Å². The van der Waals surface area contributed by atoms with Crippen molar-refractivity contribution < 1.29 is 4.74 Å². The Kier molecular flexibility index (Phi) is 3.42. The Hall–Kier alpha value is -2.29. The summed E-state index contributed by atoms with van der Waals surface area (Å²) in [6.45, 7) is 4.40. The highest BCUT2D eigenvalue weighted by Crippen LogP contribution is 2.32. The summed E-state index contributed by atoms with van der Waals surface area (Å²) in [6, 6.07) is 16.2. The molecule has 0 saturated carbocycles. The number of ether oxygens (including phenoxy) is 1. The van der Waals surface area contributed by atoms with Crippen molar-refractivity contribution in [3.63, 3.8) is 0 Å². The van der Waals surface area contributed by atoms with E-state index in [-0.39, 0.29) is 5.54 Å². The summed E-state index contributed by atoms with van der Waals surface area (Å²) in [4.78, 5) is 4.85. The summed E-state index contributed by atoms with van der Waals surface area (Å²) in [5.74, 6) is 0.852. The first-order valence-electron chi connectivity index (χ1n) is 7.17. The molecule has 0 bridgehead atoms. The number of aliphatic imine (C=N–C) groups is 1. The van der Waals surface area contributed by atoms with Gasteiger partial charge in [-0.15, -0.1) is 0 Å². The lowest BCUT2D eigenvalue weighted by molar-refractivity contribution is 0.415. The number of benzene rings is 2. The molecule has 0 atom stereocenters. The Morgan fingerprint density at radius 3 is 2.48 bits per heavy atom. The van der Waals surface area contributed by atoms with Gasteiger partial charge in [-0.2, -0.15) is 0 Å². The number of para-hydroxylation sites is 1. The minimum atomic E-state index is 0.0135. The molecule has 3 heteroatoms. The van der Waals surface area contributed by atoms with Gasteiger partial charge >= 0.3 is 0 Å². The molecule has 21 heavy (non-hydrogen) atoms. The van der Waals surface area contributed by atoms with E-state index in [9.17, 15) is 0 Å². The molecule has 2 aromatic carbocycles. The first-order valence-corrected chi connectivity index (χ1v) is 7.17. The Bertz CT molecular complexity index is 672. The molecule has 0 aromatic heterocycles. The van der Waals surface area contributed by atoms with Crippen LogP contribution >= 0.6 is 0 Å². The fourth-order valence-electron chi connectivity index (χ4n) is 2.68. The van der Waals surface area contributed by atoms with Crippen molar-refractivity contribution in [3.8, 4) is 5.75 Å². The molecule has 1 aliphatic heterocycles. The summed E-state index contributed by atoms with van der Waals surface area (Å²) in [6.07, 6.45) is 0.899. The van der Waals surface area contributed by atoms with E-state index in [4.69, 9.17) is 9.73 Å². The van der Waals surface area contributed by atoms with Crippen LogP contribution in [0.4, 0.5) is 11.4 Å². The van der Waals surface area contributed by atoms with Crippen LogP contribution in [0.2, 0.25) is 0 Å². The van der Waals surface area contributed by atoms with Crippen LogP contribution in [0.5, 0.6) is 5.75 Å². The summed E-state index contributed by atoms with van der Waals surface area (Å²) in [7, 11) is 1.67. The van der Waals surface area contributed by atoms with E-state index in [1.807, 2.05) is 24.3 Å². The molecule has 108 valence electrons. The zero-order chi connectivity index (χ0) is 14.9. The molecule has 3 nitrogen and oxygen atoms in total. The second-order valence-electron chi connectivity index (χ2n) is 5.99. The highest BCUT2D eigenvalue weighted by Gasteiger charge is 2.28. The first-order chi connectivity index (χ1) is 10.1. The summed E-state index contributed by atoms with van der Waals surface area (Å²) in [5.41, 5.74) is 4.44. The maximum absolute atomic E-state index is 5.19. The van der Waals surface area contributed by atoms with E-state index in [1.54, 1.807) is 7.11 Å². The molecule has 2 aromatic rings. The van der Waals surface area contributed by atoms with E-state index in [0.29, 0.717) is 0 Å². The maximum atomic E-state index is 5.19. The zero-order valence-corrected chi connectivity index (χ0v) is 12.7. The highest BCUT2D eigenvalue weighted by atomic mass is 16.5. The molecular formula is C18H20N2O. The Morgan fingerprint density at radius 2 is 1.76 bits per heavy atom. The van der Waals surface area contributed by atoms with Crippen LogP contribution in [0.15, 0.2) is 53.5 Å². The van der Waals surface area contributed by atoms with Gasteiger partial charge in [0.1, 0.15) is 5.75 Å². The Labute approximate surface area is 125 Å². The van der Waals surface area contributed by atoms with Gasteiger partial charge in [0, 0.05) is 23.2 Å². The molecule has 0 unspecified atom stereocenters. The van der Waals surface area contributed by atoms with Crippen LogP contribution in [0.3, 0.4) is 0 Å². The standard InChI is InChI=1S/C18H20N2O/c1-18(2)12-17(15-6-4-5-7-16(15)20-18)19-13-8-10-14(21-3)11-9-13/h4-11,20H,12H2,1-3H3. The molecule has 1 heterocycles. The van der Waals surface area contributed by atoms with E-state index < -0.39 is 0 Å².